The van der Waals surface area contributed by atoms with E-state index >= 15 is 0 Å². The molecule has 2 N–H and O–H groups in total. The van der Waals surface area contributed by atoms with Gasteiger partial charge >= 0.3 is 24.2 Å². The van der Waals surface area contributed by atoms with Crippen LogP contribution in [0.1, 0.15) is 0 Å². The molecule has 0 unspecified atom stereocenters. The van der Waals surface area contributed by atoms with Gasteiger partial charge in [-0.3, -0.25) is 0 Å². The zero-order valence-electron chi connectivity index (χ0n) is 14.7. The van der Waals surface area contributed by atoms with E-state index < -0.39 is 23.9 Å². The number of rotatable bonds is 5. The molecular formula is C17H13F3N4O5. The maximum atomic E-state index is 12.1. The number of benzene rings is 2. The highest BCUT2D eigenvalue weighted by atomic mass is 19.4. The highest BCUT2D eigenvalue weighted by Gasteiger charge is 2.30. The zero-order valence-corrected chi connectivity index (χ0v) is 14.7. The Labute approximate surface area is 160 Å². The lowest BCUT2D eigenvalue weighted by molar-refractivity contribution is -0.274. The number of amides is 2. The van der Waals surface area contributed by atoms with Gasteiger partial charge in [0.2, 0.25) is 0 Å². The lowest BCUT2D eigenvalue weighted by Gasteiger charge is -2.10. The van der Waals surface area contributed by atoms with Crippen molar-refractivity contribution in [1.29, 1.82) is 0 Å². The maximum absolute atomic E-state index is 12.1. The summed E-state index contributed by atoms with van der Waals surface area (Å²) in [5, 5.41) is 8.81. The van der Waals surface area contributed by atoms with E-state index in [1.807, 2.05) is 0 Å². The third-order valence-corrected chi connectivity index (χ3v) is 3.42. The standard InChI is InChI=1S/C17H13F3N4O5/c1-27-15-23-24(16(26)28-15)12-6-2-10(3-7-12)21-14(25)22-11-4-8-13(9-5-11)29-17(18,19)20/h2-9H,1H3,(H2,21,22,25). The SMILES string of the molecule is COc1nn(-c2ccc(NC(=O)Nc3ccc(OC(F)(F)F)cc3)cc2)c(=O)o1. The molecule has 3 aromatic rings. The number of nitrogens with zero attached hydrogens (tertiary/aromatic N) is 2. The number of alkyl halides is 3. The minimum absolute atomic E-state index is 0.191. The summed E-state index contributed by atoms with van der Waals surface area (Å²) in [6, 6.07) is 10.1. The molecule has 1 aromatic heterocycles. The molecule has 152 valence electrons. The van der Waals surface area contributed by atoms with Crippen LogP contribution >= 0.6 is 0 Å². The molecule has 0 saturated carbocycles. The molecule has 12 heteroatoms. The number of hydrogen-bond acceptors (Lipinski definition) is 6. The number of ether oxygens (including phenoxy) is 2. The fraction of sp³-hybridized carbons (Fsp3) is 0.118. The van der Waals surface area contributed by atoms with E-state index in [1.54, 1.807) is 0 Å². The van der Waals surface area contributed by atoms with Gasteiger partial charge in [0.25, 0.3) is 0 Å². The van der Waals surface area contributed by atoms with Crippen LogP contribution in [0, 0.1) is 0 Å². The Morgan fingerprint density at radius 1 is 1.03 bits per heavy atom. The van der Waals surface area contributed by atoms with E-state index in [0.717, 1.165) is 16.8 Å². The molecule has 29 heavy (non-hydrogen) atoms. The number of urea groups is 1. The van der Waals surface area contributed by atoms with Gasteiger partial charge < -0.3 is 24.5 Å². The van der Waals surface area contributed by atoms with Gasteiger partial charge in [0.15, 0.2) is 0 Å². The van der Waals surface area contributed by atoms with E-state index in [2.05, 4.69) is 20.5 Å². The number of halogens is 3. The van der Waals surface area contributed by atoms with E-state index in [-0.39, 0.29) is 11.8 Å². The number of anilines is 2. The Balaban J connectivity index is 1.60. The summed E-state index contributed by atoms with van der Waals surface area (Å²) in [6.45, 7) is 0. The summed E-state index contributed by atoms with van der Waals surface area (Å²) in [5.41, 5.74) is 1.04. The van der Waals surface area contributed by atoms with E-state index in [9.17, 15) is 22.8 Å². The van der Waals surface area contributed by atoms with Crippen molar-refractivity contribution in [2.24, 2.45) is 0 Å². The number of carbonyl (C=O) groups is 1. The Morgan fingerprint density at radius 3 is 2.07 bits per heavy atom. The summed E-state index contributed by atoms with van der Waals surface area (Å²) < 4.78 is 50.6. The topological polar surface area (TPSA) is 108 Å². The number of hydrogen-bond donors (Lipinski definition) is 2. The molecular weight excluding hydrogens is 397 g/mol. The first-order valence-electron chi connectivity index (χ1n) is 7.92. The molecule has 3 rings (SSSR count). The second-order valence-corrected chi connectivity index (χ2v) is 5.45. The molecule has 0 aliphatic heterocycles. The molecule has 9 nitrogen and oxygen atoms in total. The van der Waals surface area contributed by atoms with E-state index in [4.69, 9.17) is 9.15 Å². The summed E-state index contributed by atoms with van der Waals surface area (Å²) >= 11 is 0. The summed E-state index contributed by atoms with van der Waals surface area (Å²) in [7, 11) is 1.30. The van der Waals surface area contributed by atoms with Crippen LogP contribution in [0.15, 0.2) is 57.7 Å². The van der Waals surface area contributed by atoms with Gasteiger partial charge in [0.05, 0.1) is 12.8 Å². The van der Waals surface area contributed by atoms with E-state index in [1.165, 1.54) is 43.5 Å². The van der Waals surface area contributed by atoms with Gasteiger partial charge in [-0.15, -0.1) is 13.2 Å². The minimum atomic E-state index is -4.79. The van der Waals surface area contributed by atoms with Gasteiger partial charge in [0.1, 0.15) is 5.75 Å². The summed E-state index contributed by atoms with van der Waals surface area (Å²) in [4.78, 5) is 23.7. The number of nitrogens with one attached hydrogen (secondary N) is 2. The van der Waals surface area contributed by atoms with Crippen LogP contribution in [-0.4, -0.2) is 29.3 Å². The van der Waals surface area contributed by atoms with Gasteiger partial charge in [-0.1, -0.05) is 5.10 Å². The van der Waals surface area contributed by atoms with Crippen molar-refractivity contribution in [2.45, 2.75) is 6.36 Å². The summed E-state index contributed by atoms with van der Waals surface area (Å²) in [5.74, 6) is -1.14. The normalized spacial score (nSPS) is 11.0. The molecule has 1 heterocycles. The smallest absolute Gasteiger partial charge is 0.452 e. The van der Waals surface area contributed by atoms with Crippen molar-refractivity contribution < 1.29 is 31.9 Å². The minimum Gasteiger partial charge on any atom is -0.452 e. The molecule has 0 aliphatic carbocycles. The highest BCUT2D eigenvalue weighted by molar-refractivity contribution is 5.99. The van der Waals surface area contributed by atoms with Crippen molar-refractivity contribution in [1.82, 2.24) is 9.78 Å². The van der Waals surface area contributed by atoms with Crippen molar-refractivity contribution >= 4 is 17.4 Å². The molecule has 2 amide bonds. The number of carbonyl (C=O) groups excluding carboxylic acids is 1. The molecule has 2 aromatic carbocycles. The van der Waals surface area contributed by atoms with Gasteiger partial charge in [-0.25, -0.2) is 9.59 Å². The molecule has 0 aliphatic rings. The number of methoxy groups -OCH3 is 1. The monoisotopic (exact) mass is 410 g/mol. The maximum Gasteiger partial charge on any atom is 0.573 e. The second kappa shape index (κ2) is 7.96. The molecule has 0 fully saturated rings. The predicted molar refractivity (Wildman–Crippen MR) is 94.4 cm³/mol. The first-order valence-corrected chi connectivity index (χ1v) is 7.92. The van der Waals surface area contributed by atoms with Crippen LogP contribution in [0.4, 0.5) is 29.3 Å². The summed E-state index contributed by atoms with van der Waals surface area (Å²) in [6.07, 6.45) is -4.98. The van der Waals surface area contributed by atoms with Crippen LogP contribution in [0.25, 0.3) is 5.69 Å². The van der Waals surface area contributed by atoms with Crippen molar-refractivity contribution in [3.8, 4) is 17.5 Å². The van der Waals surface area contributed by atoms with Gasteiger partial charge in [-0.2, -0.15) is 4.68 Å². The van der Waals surface area contributed by atoms with Crippen LogP contribution in [0.2, 0.25) is 0 Å². The Bertz CT molecular complexity index is 1040. The van der Waals surface area contributed by atoms with Gasteiger partial charge in [0, 0.05) is 11.4 Å². The molecule has 0 bridgehead atoms. The van der Waals surface area contributed by atoms with E-state index in [0.29, 0.717) is 11.4 Å². The van der Waals surface area contributed by atoms with Crippen LogP contribution in [0.3, 0.4) is 0 Å². The fourth-order valence-electron chi connectivity index (χ4n) is 2.23. The lowest BCUT2D eigenvalue weighted by Crippen LogP contribution is -2.20. The van der Waals surface area contributed by atoms with Crippen molar-refractivity contribution in [3.05, 3.63) is 59.1 Å². The highest BCUT2D eigenvalue weighted by Crippen LogP contribution is 2.24. The quantitative estimate of drug-likeness (QED) is 0.668. The second-order valence-electron chi connectivity index (χ2n) is 5.45. The third kappa shape index (κ3) is 5.28. The average molecular weight is 410 g/mol. The van der Waals surface area contributed by atoms with Crippen LogP contribution in [-0.2, 0) is 0 Å². The predicted octanol–water partition coefficient (Wildman–Crippen LogP) is 3.38. The first-order chi connectivity index (χ1) is 13.7. The molecule has 0 radical (unpaired) electrons. The number of aromatic nitrogens is 2. The fourth-order valence-corrected chi connectivity index (χ4v) is 2.23. The van der Waals surface area contributed by atoms with Crippen molar-refractivity contribution in [2.75, 3.05) is 17.7 Å². The van der Waals surface area contributed by atoms with Crippen molar-refractivity contribution in [3.63, 3.8) is 0 Å². The third-order valence-electron chi connectivity index (χ3n) is 3.42. The molecule has 0 saturated heterocycles. The molecule has 0 spiro atoms. The Morgan fingerprint density at radius 2 is 1.59 bits per heavy atom. The average Bonchev–Trinajstić information content (AvgIpc) is 3.04. The lowest BCUT2D eigenvalue weighted by atomic mass is 10.3. The van der Waals surface area contributed by atoms with Crippen LogP contribution < -0.4 is 25.9 Å². The molecule has 0 atom stereocenters. The largest absolute Gasteiger partial charge is 0.573 e. The Kier molecular flexibility index (Phi) is 5.43. The Hall–Kier alpha value is -3.96. The zero-order chi connectivity index (χ0) is 21.0. The van der Waals surface area contributed by atoms with Gasteiger partial charge in [-0.05, 0) is 48.5 Å². The van der Waals surface area contributed by atoms with Crippen LogP contribution in [0.5, 0.6) is 11.8 Å². The first kappa shape index (κ1) is 19.8.